The highest BCUT2D eigenvalue weighted by Gasteiger charge is 2.40. The Labute approximate surface area is 161 Å². The van der Waals surface area contributed by atoms with Crippen molar-refractivity contribution in [2.75, 3.05) is 31.5 Å². The van der Waals surface area contributed by atoms with Crippen LogP contribution in [0.5, 0.6) is 0 Å². The molecule has 0 bridgehead atoms. The van der Waals surface area contributed by atoms with Gasteiger partial charge in [-0.05, 0) is 62.6 Å². The molecule has 142 valence electrons. The number of aromatic nitrogens is 1. The summed E-state index contributed by atoms with van der Waals surface area (Å²) in [5, 5.41) is 6.94. The number of piperidine rings is 1. The van der Waals surface area contributed by atoms with E-state index in [4.69, 9.17) is 0 Å². The van der Waals surface area contributed by atoms with Crippen LogP contribution in [0.3, 0.4) is 0 Å². The van der Waals surface area contributed by atoms with Crippen molar-refractivity contribution in [1.29, 1.82) is 0 Å². The van der Waals surface area contributed by atoms with Gasteiger partial charge in [-0.2, -0.15) is 0 Å². The molecule has 2 saturated heterocycles. The van der Waals surface area contributed by atoms with E-state index in [9.17, 15) is 4.79 Å². The van der Waals surface area contributed by atoms with E-state index in [2.05, 4.69) is 20.5 Å². The highest BCUT2D eigenvalue weighted by atomic mass is 16.2. The maximum Gasteiger partial charge on any atom is 0.254 e. The number of amides is 1. The highest BCUT2D eigenvalue weighted by Crippen LogP contribution is 2.37. The van der Waals surface area contributed by atoms with Gasteiger partial charge in [-0.15, -0.1) is 0 Å². The van der Waals surface area contributed by atoms with Gasteiger partial charge in [-0.3, -0.25) is 9.78 Å². The molecule has 2 aliphatic rings. The van der Waals surface area contributed by atoms with Gasteiger partial charge in [-0.25, -0.2) is 0 Å². The molecule has 2 fully saturated rings. The van der Waals surface area contributed by atoms with Gasteiger partial charge in [-0.1, -0.05) is 12.1 Å². The first-order valence-corrected chi connectivity index (χ1v) is 9.90. The molecule has 1 aromatic carbocycles. The number of benzene rings is 1. The monoisotopic (exact) mass is 364 g/mol. The molecule has 0 radical (unpaired) electrons. The summed E-state index contributed by atoms with van der Waals surface area (Å²) >= 11 is 0. The number of hydrogen-bond acceptors (Lipinski definition) is 4. The number of hydrogen-bond donors (Lipinski definition) is 2. The summed E-state index contributed by atoms with van der Waals surface area (Å²) in [6.07, 6.45) is 5.36. The number of pyridine rings is 1. The second-order valence-electron chi connectivity index (χ2n) is 7.91. The summed E-state index contributed by atoms with van der Waals surface area (Å²) in [4.78, 5) is 19.6. The van der Waals surface area contributed by atoms with E-state index in [-0.39, 0.29) is 11.3 Å². The molecular formula is C22H28N4O. The molecule has 1 amide bonds. The van der Waals surface area contributed by atoms with Gasteiger partial charge in [0.25, 0.3) is 5.91 Å². The minimum Gasteiger partial charge on any atom is -0.379 e. The number of rotatable bonds is 4. The molecule has 2 aliphatic heterocycles. The maximum absolute atomic E-state index is 13.2. The van der Waals surface area contributed by atoms with Crippen LogP contribution in [0.2, 0.25) is 0 Å². The van der Waals surface area contributed by atoms with Crippen LogP contribution >= 0.6 is 0 Å². The summed E-state index contributed by atoms with van der Waals surface area (Å²) in [6, 6.07) is 11.9. The lowest BCUT2D eigenvalue weighted by Crippen LogP contribution is -2.42. The topological polar surface area (TPSA) is 57.3 Å². The van der Waals surface area contributed by atoms with Crippen molar-refractivity contribution in [1.82, 2.24) is 15.2 Å². The Bertz CT molecular complexity index is 799. The number of nitrogens with zero attached hydrogens (tertiary/aromatic N) is 2. The van der Waals surface area contributed by atoms with Crippen molar-refractivity contribution in [3.05, 3.63) is 59.4 Å². The van der Waals surface area contributed by atoms with Crippen LogP contribution in [-0.4, -0.2) is 42.0 Å². The molecule has 1 spiro atoms. The van der Waals surface area contributed by atoms with Gasteiger partial charge in [0.1, 0.15) is 0 Å². The molecule has 3 heterocycles. The lowest BCUT2D eigenvalue weighted by Gasteiger charge is -2.33. The molecule has 1 unspecified atom stereocenters. The normalized spacial score (nSPS) is 22.2. The zero-order valence-electron chi connectivity index (χ0n) is 16.0. The van der Waals surface area contributed by atoms with Crippen LogP contribution in [0.4, 0.5) is 5.69 Å². The summed E-state index contributed by atoms with van der Waals surface area (Å²) in [5.41, 5.74) is 4.10. The summed E-state index contributed by atoms with van der Waals surface area (Å²) in [7, 11) is 0. The van der Waals surface area contributed by atoms with E-state index in [1.165, 1.54) is 12.8 Å². The predicted molar refractivity (Wildman–Crippen MR) is 108 cm³/mol. The maximum atomic E-state index is 13.2. The second-order valence-corrected chi connectivity index (χ2v) is 7.91. The van der Waals surface area contributed by atoms with Crippen molar-refractivity contribution in [2.45, 2.75) is 32.7 Å². The zero-order valence-corrected chi connectivity index (χ0v) is 16.0. The Kier molecular flexibility index (Phi) is 5.12. The van der Waals surface area contributed by atoms with Crippen LogP contribution in [0.1, 0.15) is 40.9 Å². The van der Waals surface area contributed by atoms with Gasteiger partial charge in [0, 0.05) is 42.5 Å². The smallest absolute Gasteiger partial charge is 0.254 e. The van der Waals surface area contributed by atoms with Crippen LogP contribution in [-0.2, 0) is 6.54 Å². The third-order valence-electron chi connectivity index (χ3n) is 6.04. The fraction of sp³-hybridized carbons (Fsp3) is 0.455. The molecule has 5 nitrogen and oxygen atoms in total. The number of carbonyl (C=O) groups excluding carboxylic acids is 1. The zero-order chi connectivity index (χ0) is 18.7. The van der Waals surface area contributed by atoms with Crippen LogP contribution in [0.25, 0.3) is 0 Å². The van der Waals surface area contributed by atoms with E-state index in [0.29, 0.717) is 6.54 Å². The van der Waals surface area contributed by atoms with Crippen LogP contribution < -0.4 is 10.6 Å². The predicted octanol–water partition coefficient (Wildman–Crippen LogP) is 3.22. The summed E-state index contributed by atoms with van der Waals surface area (Å²) in [6.45, 7) is 6.58. The van der Waals surface area contributed by atoms with Gasteiger partial charge < -0.3 is 15.5 Å². The quantitative estimate of drug-likeness (QED) is 0.875. The fourth-order valence-corrected chi connectivity index (χ4v) is 4.40. The van der Waals surface area contributed by atoms with E-state index in [1.807, 2.05) is 43.3 Å². The van der Waals surface area contributed by atoms with Gasteiger partial charge >= 0.3 is 0 Å². The SMILES string of the molecule is Cc1c(NCc2ccccn2)cccc1C(=O)N1CCC2(CCCNC2)C1. The minimum atomic E-state index is 0.163. The Morgan fingerprint density at radius 2 is 2.19 bits per heavy atom. The number of anilines is 1. The third-order valence-corrected chi connectivity index (χ3v) is 6.04. The van der Waals surface area contributed by atoms with E-state index in [0.717, 1.165) is 55.1 Å². The molecule has 5 heteroatoms. The first-order valence-electron chi connectivity index (χ1n) is 9.90. The number of likely N-dealkylation sites (tertiary alicyclic amines) is 1. The lowest BCUT2D eigenvalue weighted by molar-refractivity contribution is 0.0763. The third kappa shape index (κ3) is 3.83. The van der Waals surface area contributed by atoms with Crippen molar-refractivity contribution >= 4 is 11.6 Å². The molecule has 1 aromatic heterocycles. The Balaban J connectivity index is 1.46. The van der Waals surface area contributed by atoms with Crippen molar-refractivity contribution in [3.8, 4) is 0 Å². The van der Waals surface area contributed by atoms with Crippen LogP contribution in [0, 0.1) is 12.3 Å². The second kappa shape index (κ2) is 7.69. The molecule has 2 N–H and O–H groups in total. The van der Waals surface area contributed by atoms with Gasteiger partial charge in [0.2, 0.25) is 0 Å². The first-order chi connectivity index (χ1) is 13.2. The standard InChI is InChI=1S/C22H28N4O/c1-17-19(7-4-8-20(17)25-14-18-6-2-3-12-24-18)21(27)26-13-10-22(16-26)9-5-11-23-15-22/h2-4,6-8,12,23,25H,5,9-11,13-16H2,1H3. The Morgan fingerprint density at radius 1 is 1.26 bits per heavy atom. The van der Waals surface area contributed by atoms with Crippen molar-refractivity contribution < 1.29 is 4.79 Å². The molecule has 27 heavy (non-hydrogen) atoms. The fourth-order valence-electron chi connectivity index (χ4n) is 4.40. The average Bonchev–Trinajstić information content (AvgIpc) is 3.11. The molecule has 1 atom stereocenters. The van der Waals surface area contributed by atoms with E-state index in [1.54, 1.807) is 6.20 Å². The Morgan fingerprint density at radius 3 is 2.96 bits per heavy atom. The summed E-state index contributed by atoms with van der Waals surface area (Å²) < 4.78 is 0. The molecule has 0 saturated carbocycles. The van der Waals surface area contributed by atoms with Gasteiger partial charge in [0.15, 0.2) is 0 Å². The number of carbonyl (C=O) groups is 1. The molecule has 4 rings (SSSR count). The first kappa shape index (κ1) is 18.0. The summed E-state index contributed by atoms with van der Waals surface area (Å²) in [5.74, 6) is 0.163. The van der Waals surface area contributed by atoms with Crippen molar-refractivity contribution in [3.63, 3.8) is 0 Å². The van der Waals surface area contributed by atoms with Crippen LogP contribution in [0.15, 0.2) is 42.6 Å². The average molecular weight is 364 g/mol. The Hall–Kier alpha value is -2.40. The highest BCUT2D eigenvalue weighted by molar-refractivity contribution is 5.97. The lowest BCUT2D eigenvalue weighted by atomic mass is 9.80. The van der Waals surface area contributed by atoms with E-state index >= 15 is 0 Å². The molecular weight excluding hydrogens is 336 g/mol. The minimum absolute atomic E-state index is 0.163. The molecule has 0 aliphatic carbocycles. The molecule has 2 aromatic rings. The van der Waals surface area contributed by atoms with Gasteiger partial charge in [0.05, 0.1) is 12.2 Å². The number of nitrogens with one attached hydrogen (secondary N) is 2. The largest absolute Gasteiger partial charge is 0.379 e. The van der Waals surface area contributed by atoms with E-state index < -0.39 is 0 Å². The van der Waals surface area contributed by atoms with Crippen molar-refractivity contribution in [2.24, 2.45) is 5.41 Å².